The second-order valence-corrected chi connectivity index (χ2v) is 7.84. The zero-order valence-electron chi connectivity index (χ0n) is 12.3. The lowest BCUT2D eigenvalue weighted by atomic mass is 10.1. The smallest absolute Gasteiger partial charge is 0.368 e. The van der Waals surface area contributed by atoms with E-state index in [2.05, 4.69) is 36.0 Å². The Kier molecular flexibility index (Phi) is 3.95. The van der Waals surface area contributed by atoms with Crippen LogP contribution in [0.2, 0.25) is 0 Å². The van der Waals surface area contributed by atoms with E-state index < -0.39 is 26.7 Å². The molecule has 0 bridgehead atoms. The summed E-state index contributed by atoms with van der Waals surface area (Å²) in [6.45, 7) is 0. The molecule has 0 amide bonds. The number of benzene rings is 1. The van der Waals surface area contributed by atoms with Crippen molar-refractivity contribution in [1.82, 2.24) is 24.6 Å². The van der Waals surface area contributed by atoms with Crippen molar-refractivity contribution < 1.29 is 21.6 Å². The predicted octanol–water partition coefficient (Wildman–Crippen LogP) is 1.95. The van der Waals surface area contributed by atoms with Crippen molar-refractivity contribution in [2.24, 2.45) is 0 Å². The van der Waals surface area contributed by atoms with Crippen LogP contribution in [0.5, 0.6) is 0 Å². The average molecular weight is 437 g/mol. The number of nitrogens with two attached hydrogens (primary N) is 1. The maximum Gasteiger partial charge on any atom is 0.416 e. The van der Waals surface area contributed by atoms with E-state index in [0.717, 1.165) is 22.9 Å². The van der Waals surface area contributed by atoms with Crippen molar-refractivity contribution >= 4 is 37.5 Å². The van der Waals surface area contributed by atoms with Crippen molar-refractivity contribution in [1.29, 1.82) is 0 Å². The Labute approximate surface area is 147 Å². The number of aromatic nitrogens is 5. The van der Waals surface area contributed by atoms with Gasteiger partial charge in [-0.25, -0.2) is 8.42 Å². The summed E-state index contributed by atoms with van der Waals surface area (Å²) < 4.78 is 63.0. The quantitative estimate of drug-likeness (QED) is 0.652. The van der Waals surface area contributed by atoms with E-state index in [9.17, 15) is 21.6 Å². The molecule has 0 atom stereocenters. The summed E-state index contributed by atoms with van der Waals surface area (Å²) in [4.78, 5) is 11.3. The molecule has 0 radical (unpaired) electrons. The highest BCUT2D eigenvalue weighted by molar-refractivity contribution is 9.10. The number of fused-ring (bicyclic) bond motifs is 1. The summed E-state index contributed by atoms with van der Waals surface area (Å²) in [5, 5.41) is 3.39. The lowest BCUT2D eigenvalue weighted by Crippen LogP contribution is -2.11. The number of alkyl halides is 3. The van der Waals surface area contributed by atoms with Crippen LogP contribution in [-0.4, -0.2) is 39.2 Å². The second kappa shape index (κ2) is 5.62. The maximum atomic E-state index is 12.9. The van der Waals surface area contributed by atoms with E-state index in [-0.39, 0.29) is 27.6 Å². The van der Waals surface area contributed by atoms with Crippen LogP contribution in [0.1, 0.15) is 5.56 Å². The highest BCUT2D eigenvalue weighted by Gasteiger charge is 2.31. The normalized spacial score (nSPS) is 12.7. The van der Waals surface area contributed by atoms with Crippen molar-refractivity contribution in [2.75, 3.05) is 12.0 Å². The molecule has 0 spiro atoms. The minimum absolute atomic E-state index is 0.0486. The molecular formula is C12H8BrF3N6O2S. The van der Waals surface area contributed by atoms with Crippen LogP contribution < -0.4 is 5.73 Å². The van der Waals surface area contributed by atoms with Crippen LogP contribution in [0, 0.1) is 0 Å². The molecule has 2 aromatic heterocycles. The summed E-state index contributed by atoms with van der Waals surface area (Å²) in [7, 11) is -3.74. The molecule has 0 saturated carbocycles. The first kappa shape index (κ1) is 17.5. The third-order valence-electron chi connectivity index (χ3n) is 3.03. The molecular weight excluding hydrogens is 429 g/mol. The summed E-state index contributed by atoms with van der Waals surface area (Å²) in [5.74, 6) is -0.620. The Morgan fingerprint density at radius 1 is 1.16 bits per heavy atom. The van der Waals surface area contributed by atoms with Gasteiger partial charge in [-0.05, 0) is 18.2 Å². The van der Waals surface area contributed by atoms with E-state index in [4.69, 9.17) is 5.73 Å². The Morgan fingerprint density at radius 2 is 1.84 bits per heavy atom. The van der Waals surface area contributed by atoms with Gasteiger partial charge in [0.25, 0.3) is 10.9 Å². The summed E-state index contributed by atoms with van der Waals surface area (Å²) in [6, 6.07) is 3.15. The molecule has 132 valence electrons. The second-order valence-electron chi connectivity index (χ2n) is 5.01. The number of hydrogen-bond acceptors (Lipinski definition) is 7. The first-order chi connectivity index (χ1) is 11.4. The fourth-order valence-corrected chi connectivity index (χ4v) is 2.96. The SMILES string of the molecule is CS(=O)(=O)c1nc(N)n2nc(-c3cc(Br)cc(C(F)(F)F)c3)nc2n1. The molecule has 0 aliphatic heterocycles. The minimum atomic E-state index is -4.56. The molecule has 3 rings (SSSR count). The number of nitrogens with zero attached hydrogens (tertiary/aromatic N) is 5. The van der Waals surface area contributed by atoms with Crippen LogP contribution in [0.4, 0.5) is 19.1 Å². The van der Waals surface area contributed by atoms with Crippen molar-refractivity contribution in [3.05, 3.63) is 28.2 Å². The van der Waals surface area contributed by atoms with E-state index in [1.54, 1.807) is 0 Å². The molecule has 0 saturated heterocycles. The van der Waals surface area contributed by atoms with Crippen molar-refractivity contribution in [2.45, 2.75) is 11.3 Å². The third-order valence-corrected chi connectivity index (χ3v) is 4.33. The fraction of sp³-hybridized carbons (Fsp3) is 0.167. The Hall–Kier alpha value is -2.28. The Morgan fingerprint density at radius 3 is 2.44 bits per heavy atom. The van der Waals surface area contributed by atoms with Crippen LogP contribution in [-0.2, 0) is 16.0 Å². The first-order valence-corrected chi connectivity index (χ1v) is 9.12. The van der Waals surface area contributed by atoms with Gasteiger partial charge in [-0.2, -0.15) is 32.6 Å². The molecule has 2 heterocycles. The monoisotopic (exact) mass is 436 g/mol. The molecule has 0 aliphatic rings. The van der Waals surface area contributed by atoms with E-state index in [1.807, 2.05) is 0 Å². The van der Waals surface area contributed by atoms with Gasteiger partial charge in [-0.15, -0.1) is 5.10 Å². The fourth-order valence-electron chi connectivity index (χ4n) is 1.96. The molecule has 0 fully saturated rings. The number of halogens is 4. The van der Waals surface area contributed by atoms with Crippen molar-refractivity contribution in [3.8, 4) is 11.4 Å². The summed E-state index contributed by atoms with van der Waals surface area (Å²) in [5.41, 5.74) is 4.78. The number of hydrogen-bond donors (Lipinski definition) is 1. The molecule has 8 nitrogen and oxygen atoms in total. The van der Waals surface area contributed by atoms with Crippen LogP contribution >= 0.6 is 15.9 Å². The topological polar surface area (TPSA) is 116 Å². The summed E-state index contributed by atoms with van der Waals surface area (Å²) in [6.07, 6.45) is -3.67. The number of anilines is 1. The standard InChI is InChI=1S/C12H8BrF3N6O2S/c1-25(23,24)11-19-9(17)22-10(20-11)18-8(21-22)5-2-6(12(14,15)16)4-7(13)3-5/h2-4H,1H3,(H2,17,18,19,20,21). The van der Waals surface area contributed by atoms with Crippen LogP contribution in [0.15, 0.2) is 27.8 Å². The zero-order valence-corrected chi connectivity index (χ0v) is 14.7. The van der Waals surface area contributed by atoms with E-state index >= 15 is 0 Å². The van der Waals surface area contributed by atoms with E-state index in [0.29, 0.717) is 0 Å². The third kappa shape index (κ3) is 3.42. The molecule has 25 heavy (non-hydrogen) atoms. The lowest BCUT2D eigenvalue weighted by molar-refractivity contribution is -0.137. The average Bonchev–Trinajstić information content (AvgIpc) is 2.89. The zero-order chi connectivity index (χ0) is 18.6. The molecule has 2 N–H and O–H groups in total. The van der Waals surface area contributed by atoms with Gasteiger partial charge in [0.2, 0.25) is 15.8 Å². The molecule has 1 aromatic carbocycles. The van der Waals surface area contributed by atoms with Crippen molar-refractivity contribution in [3.63, 3.8) is 0 Å². The van der Waals surface area contributed by atoms with Gasteiger partial charge < -0.3 is 5.73 Å². The summed E-state index contributed by atoms with van der Waals surface area (Å²) >= 11 is 3.00. The highest BCUT2D eigenvalue weighted by Crippen LogP contribution is 2.34. The van der Waals surface area contributed by atoms with Gasteiger partial charge in [0.1, 0.15) is 0 Å². The van der Waals surface area contributed by atoms with Gasteiger partial charge in [0.15, 0.2) is 5.82 Å². The van der Waals surface area contributed by atoms with Gasteiger partial charge in [0, 0.05) is 16.3 Å². The predicted molar refractivity (Wildman–Crippen MR) is 84.2 cm³/mol. The number of nitrogen functional groups attached to an aromatic ring is 1. The Bertz CT molecular complexity index is 1100. The highest BCUT2D eigenvalue weighted by atomic mass is 79.9. The lowest BCUT2D eigenvalue weighted by Gasteiger charge is -2.08. The molecule has 3 aromatic rings. The van der Waals surface area contributed by atoms with Crippen LogP contribution in [0.3, 0.4) is 0 Å². The number of rotatable bonds is 2. The van der Waals surface area contributed by atoms with E-state index in [1.165, 1.54) is 6.07 Å². The molecule has 0 aliphatic carbocycles. The molecule has 13 heteroatoms. The van der Waals surface area contributed by atoms with Gasteiger partial charge in [-0.1, -0.05) is 15.9 Å². The number of sulfone groups is 1. The van der Waals surface area contributed by atoms with Gasteiger partial charge in [0.05, 0.1) is 5.56 Å². The minimum Gasteiger partial charge on any atom is -0.368 e. The Balaban J connectivity index is 2.21. The van der Waals surface area contributed by atoms with Gasteiger partial charge in [-0.3, -0.25) is 0 Å². The van der Waals surface area contributed by atoms with Gasteiger partial charge >= 0.3 is 6.18 Å². The molecule has 0 unspecified atom stereocenters. The first-order valence-electron chi connectivity index (χ1n) is 6.43. The van der Waals surface area contributed by atoms with Crippen LogP contribution in [0.25, 0.3) is 17.2 Å². The largest absolute Gasteiger partial charge is 0.416 e. The maximum absolute atomic E-state index is 12.9.